The second kappa shape index (κ2) is 6.56. The molecular weight excluding hydrogens is 257 g/mol. The van der Waals surface area contributed by atoms with Crippen molar-refractivity contribution in [3.63, 3.8) is 0 Å². The van der Waals surface area contributed by atoms with Crippen molar-refractivity contribution in [1.82, 2.24) is 10.2 Å². The monoisotopic (exact) mass is 273 g/mol. The van der Waals surface area contributed by atoms with Crippen LogP contribution >= 0.6 is 12.4 Å². The Balaban J connectivity index is 0.00000162. The Morgan fingerprint density at radius 2 is 2.33 bits per heavy atom. The lowest BCUT2D eigenvalue weighted by molar-refractivity contribution is 0.177. The topological polar surface area (TPSA) is 44.4 Å². The number of benzene rings is 1. The lowest BCUT2D eigenvalue weighted by atomic mass is 10.2. The first-order valence-electron chi connectivity index (χ1n) is 5.71. The number of anilines is 1. The van der Waals surface area contributed by atoms with Gasteiger partial charge in [-0.15, -0.1) is 12.4 Å². The van der Waals surface area contributed by atoms with E-state index in [-0.39, 0.29) is 30.3 Å². The Bertz CT molecular complexity index is 416. The molecular formula is C12H17ClFN3O. The van der Waals surface area contributed by atoms with Crippen molar-refractivity contribution in [2.24, 2.45) is 0 Å². The van der Waals surface area contributed by atoms with Gasteiger partial charge in [-0.1, -0.05) is 6.07 Å². The summed E-state index contributed by atoms with van der Waals surface area (Å²) in [6.45, 7) is 4.23. The fourth-order valence-electron chi connectivity index (χ4n) is 1.90. The SMILES string of the molecule is CC1CNCCN1C(=O)Nc1cccc(F)c1.Cl. The lowest BCUT2D eigenvalue weighted by Gasteiger charge is -2.33. The highest BCUT2D eigenvalue weighted by Crippen LogP contribution is 2.11. The van der Waals surface area contributed by atoms with Crippen LogP contribution in [0.4, 0.5) is 14.9 Å². The summed E-state index contributed by atoms with van der Waals surface area (Å²) in [6, 6.07) is 5.88. The normalized spacial score (nSPS) is 19.0. The van der Waals surface area contributed by atoms with Gasteiger partial charge in [-0.2, -0.15) is 0 Å². The number of hydrogen-bond acceptors (Lipinski definition) is 2. The predicted molar refractivity (Wildman–Crippen MR) is 71.7 cm³/mol. The zero-order valence-electron chi connectivity index (χ0n) is 10.1. The zero-order valence-corrected chi connectivity index (χ0v) is 11.0. The molecule has 100 valence electrons. The molecule has 1 atom stereocenters. The average Bonchev–Trinajstić information content (AvgIpc) is 2.29. The maximum atomic E-state index is 13.0. The molecule has 1 fully saturated rings. The first-order valence-corrected chi connectivity index (χ1v) is 5.71. The van der Waals surface area contributed by atoms with E-state index in [1.807, 2.05) is 6.92 Å². The van der Waals surface area contributed by atoms with Gasteiger partial charge < -0.3 is 15.5 Å². The molecule has 1 unspecified atom stereocenters. The molecule has 4 nitrogen and oxygen atoms in total. The number of halogens is 2. The Hall–Kier alpha value is -1.33. The minimum Gasteiger partial charge on any atom is -0.319 e. The zero-order chi connectivity index (χ0) is 12.3. The molecule has 0 saturated carbocycles. The summed E-state index contributed by atoms with van der Waals surface area (Å²) in [7, 11) is 0. The molecule has 1 aromatic carbocycles. The van der Waals surface area contributed by atoms with E-state index in [1.165, 1.54) is 12.1 Å². The van der Waals surface area contributed by atoms with Gasteiger partial charge in [0.2, 0.25) is 0 Å². The Labute approximate surface area is 112 Å². The number of nitrogens with zero attached hydrogens (tertiary/aromatic N) is 1. The molecule has 1 aliphatic rings. The van der Waals surface area contributed by atoms with Crippen LogP contribution in [0.2, 0.25) is 0 Å². The van der Waals surface area contributed by atoms with E-state index in [0.29, 0.717) is 12.2 Å². The number of carbonyl (C=O) groups excluding carboxylic acids is 1. The van der Waals surface area contributed by atoms with Crippen molar-refractivity contribution in [3.8, 4) is 0 Å². The highest BCUT2D eigenvalue weighted by atomic mass is 35.5. The third-order valence-corrected chi connectivity index (χ3v) is 2.84. The van der Waals surface area contributed by atoms with Crippen molar-refractivity contribution in [3.05, 3.63) is 30.1 Å². The van der Waals surface area contributed by atoms with Gasteiger partial charge in [-0.25, -0.2) is 9.18 Å². The number of hydrogen-bond donors (Lipinski definition) is 2. The summed E-state index contributed by atoms with van der Waals surface area (Å²) in [5, 5.41) is 5.91. The van der Waals surface area contributed by atoms with Crippen LogP contribution in [-0.2, 0) is 0 Å². The van der Waals surface area contributed by atoms with Crippen LogP contribution in [0.5, 0.6) is 0 Å². The van der Waals surface area contributed by atoms with E-state index >= 15 is 0 Å². The number of amides is 2. The molecule has 1 heterocycles. The number of rotatable bonds is 1. The molecule has 1 aromatic rings. The van der Waals surface area contributed by atoms with Crippen LogP contribution in [-0.4, -0.2) is 36.6 Å². The van der Waals surface area contributed by atoms with Crippen LogP contribution < -0.4 is 10.6 Å². The minimum absolute atomic E-state index is 0. The second-order valence-corrected chi connectivity index (χ2v) is 4.19. The van der Waals surface area contributed by atoms with Gasteiger partial charge in [0.15, 0.2) is 0 Å². The summed E-state index contributed by atoms with van der Waals surface area (Å²) < 4.78 is 13.0. The van der Waals surface area contributed by atoms with Crippen LogP contribution in [0.1, 0.15) is 6.92 Å². The van der Waals surface area contributed by atoms with Gasteiger partial charge >= 0.3 is 6.03 Å². The van der Waals surface area contributed by atoms with Gasteiger partial charge in [-0.05, 0) is 25.1 Å². The molecule has 2 amide bonds. The first-order chi connectivity index (χ1) is 8.16. The van der Waals surface area contributed by atoms with Crippen molar-refractivity contribution >= 4 is 24.1 Å². The van der Waals surface area contributed by atoms with Crippen molar-refractivity contribution in [2.75, 3.05) is 25.0 Å². The highest BCUT2D eigenvalue weighted by Gasteiger charge is 2.22. The Morgan fingerprint density at radius 3 is 3.00 bits per heavy atom. The molecule has 1 saturated heterocycles. The third kappa shape index (κ3) is 3.58. The molecule has 0 aromatic heterocycles. The van der Waals surface area contributed by atoms with Gasteiger partial charge in [0.1, 0.15) is 5.82 Å². The van der Waals surface area contributed by atoms with Crippen LogP contribution in [0, 0.1) is 5.82 Å². The number of urea groups is 1. The molecule has 2 rings (SSSR count). The largest absolute Gasteiger partial charge is 0.322 e. The standard InChI is InChI=1S/C12H16FN3O.ClH/c1-9-8-14-5-6-16(9)12(17)15-11-4-2-3-10(13)7-11;/h2-4,7,9,14H,5-6,8H2,1H3,(H,15,17);1H. The maximum absolute atomic E-state index is 13.0. The molecule has 0 bridgehead atoms. The average molecular weight is 274 g/mol. The fraction of sp³-hybridized carbons (Fsp3) is 0.417. The molecule has 1 aliphatic heterocycles. The van der Waals surface area contributed by atoms with E-state index in [1.54, 1.807) is 17.0 Å². The van der Waals surface area contributed by atoms with Gasteiger partial charge in [0, 0.05) is 31.4 Å². The third-order valence-electron chi connectivity index (χ3n) is 2.84. The molecule has 6 heteroatoms. The lowest BCUT2D eigenvalue weighted by Crippen LogP contribution is -2.53. The Kier molecular flexibility index (Phi) is 5.37. The van der Waals surface area contributed by atoms with Crippen molar-refractivity contribution < 1.29 is 9.18 Å². The van der Waals surface area contributed by atoms with Gasteiger partial charge in [0.05, 0.1) is 0 Å². The van der Waals surface area contributed by atoms with Crippen molar-refractivity contribution in [1.29, 1.82) is 0 Å². The van der Waals surface area contributed by atoms with Gasteiger partial charge in [-0.3, -0.25) is 0 Å². The summed E-state index contributed by atoms with van der Waals surface area (Å²) >= 11 is 0. The molecule has 0 radical (unpaired) electrons. The van der Waals surface area contributed by atoms with E-state index in [9.17, 15) is 9.18 Å². The molecule has 2 N–H and O–H groups in total. The summed E-state index contributed by atoms with van der Waals surface area (Å²) in [4.78, 5) is 13.7. The number of nitrogens with one attached hydrogen (secondary N) is 2. The first kappa shape index (κ1) is 14.7. The van der Waals surface area contributed by atoms with Crippen LogP contribution in [0.3, 0.4) is 0 Å². The second-order valence-electron chi connectivity index (χ2n) is 4.19. The maximum Gasteiger partial charge on any atom is 0.322 e. The highest BCUT2D eigenvalue weighted by molar-refractivity contribution is 5.89. The fourth-order valence-corrected chi connectivity index (χ4v) is 1.90. The van der Waals surface area contributed by atoms with E-state index in [2.05, 4.69) is 10.6 Å². The van der Waals surface area contributed by atoms with Crippen LogP contribution in [0.15, 0.2) is 24.3 Å². The Morgan fingerprint density at radius 1 is 1.56 bits per heavy atom. The predicted octanol–water partition coefficient (Wildman–Crippen LogP) is 2.07. The smallest absolute Gasteiger partial charge is 0.319 e. The molecule has 0 aliphatic carbocycles. The van der Waals surface area contributed by atoms with E-state index in [0.717, 1.165) is 13.1 Å². The van der Waals surface area contributed by atoms with Gasteiger partial charge in [0.25, 0.3) is 0 Å². The summed E-state index contributed by atoms with van der Waals surface area (Å²) in [6.07, 6.45) is 0. The van der Waals surface area contributed by atoms with Crippen molar-refractivity contribution in [2.45, 2.75) is 13.0 Å². The summed E-state index contributed by atoms with van der Waals surface area (Å²) in [5.74, 6) is -0.351. The molecule has 0 spiro atoms. The quantitative estimate of drug-likeness (QED) is 0.823. The number of carbonyl (C=O) groups is 1. The van der Waals surface area contributed by atoms with E-state index < -0.39 is 0 Å². The summed E-state index contributed by atoms with van der Waals surface area (Å²) in [5.41, 5.74) is 0.487. The van der Waals surface area contributed by atoms with E-state index in [4.69, 9.17) is 0 Å². The molecule has 18 heavy (non-hydrogen) atoms. The minimum atomic E-state index is -0.351. The number of piperazine rings is 1. The van der Waals surface area contributed by atoms with Crippen LogP contribution in [0.25, 0.3) is 0 Å².